The molecule has 0 saturated heterocycles. The molecule has 0 fully saturated rings. The van der Waals surface area contributed by atoms with Gasteiger partial charge in [-0.15, -0.1) is 0 Å². The van der Waals surface area contributed by atoms with Crippen LogP contribution in [0.5, 0.6) is 0 Å². The normalized spacial score (nSPS) is 9.89. The number of aromatic nitrogens is 1. The first-order valence-electron chi connectivity index (χ1n) is 5.57. The highest BCUT2D eigenvalue weighted by Gasteiger charge is 2.14. The molecule has 0 aliphatic carbocycles. The molecule has 0 aliphatic rings. The zero-order valence-electron chi connectivity index (χ0n) is 9.95. The number of hydrogen-bond acceptors (Lipinski definition) is 5. The highest BCUT2D eigenvalue weighted by atomic mass is 16.6. The Kier molecular flexibility index (Phi) is 3.82. The predicted molar refractivity (Wildman–Crippen MR) is 70.0 cm³/mol. The minimum absolute atomic E-state index is 0.117. The molecular weight excluding hydrogens is 246 g/mol. The van der Waals surface area contributed by atoms with E-state index >= 15 is 0 Å². The second-order valence-corrected chi connectivity index (χ2v) is 3.87. The molecule has 0 amide bonds. The van der Waals surface area contributed by atoms with Gasteiger partial charge in [-0.05, 0) is 23.8 Å². The molecule has 19 heavy (non-hydrogen) atoms. The average molecular weight is 257 g/mol. The Morgan fingerprint density at radius 1 is 1.37 bits per heavy atom. The van der Waals surface area contributed by atoms with Crippen molar-refractivity contribution >= 4 is 17.7 Å². The first kappa shape index (κ1) is 12.7. The molecule has 2 aromatic rings. The van der Waals surface area contributed by atoms with Gasteiger partial charge in [0.15, 0.2) is 0 Å². The Balaban J connectivity index is 2.20. The van der Waals surface area contributed by atoms with Gasteiger partial charge >= 0.3 is 0 Å². The van der Waals surface area contributed by atoms with Crippen LogP contribution in [-0.2, 0) is 6.54 Å². The number of nitro groups is 1. The molecule has 2 rings (SSSR count). The lowest BCUT2D eigenvalue weighted by atomic mass is 10.2. The van der Waals surface area contributed by atoms with Crippen molar-refractivity contribution < 1.29 is 9.72 Å². The number of nitrogens with zero attached hydrogens (tertiary/aromatic N) is 2. The van der Waals surface area contributed by atoms with Crippen molar-refractivity contribution in [2.45, 2.75) is 6.54 Å². The van der Waals surface area contributed by atoms with Crippen molar-refractivity contribution in [1.82, 2.24) is 4.98 Å². The summed E-state index contributed by atoms with van der Waals surface area (Å²) >= 11 is 0. The molecule has 0 atom stereocenters. The summed E-state index contributed by atoms with van der Waals surface area (Å²) in [6, 6.07) is 7.97. The van der Waals surface area contributed by atoms with Crippen molar-refractivity contribution in [1.29, 1.82) is 0 Å². The van der Waals surface area contributed by atoms with Gasteiger partial charge in [-0.2, -0.15) is 0 Å². The average Bonchev–Trinajstić information content (AvgIpc) is 2.46. The Bertz CT molecular complexity index is 599. The molecule has 1 N–H and O–H groups in total. The van der Waals surface area contributed by atoms with Crippen LogP contribution in [0.1, 0.15) is 15.9 Å². The summed E-state index contributed by atoms with van der Waals surface area (Å²) in [7, 11) is 0. The Labute approximate surface area is 109 Å². The minimum Gasteiger partial charge on any atom is -0.375 e. The topological polar surface area (TPSA) is 85.1 Å². The summed E-state index contributed by atoms with van der Waals surface area (Å²) in [6.45, 7) is 0.426. The van der Waals surface area contributed by atoms with Crippen LogP contribution in [0.15, 0.2) is 42.7 Å². The van der Waals surface area contributed by atoms with Gasteiger partial charge in [0.25, 0.3) is 5.69 Å². The SMILES string of the molecule is O=Cc1ccc(NCc2cccnc2)c([N+](=O)[O-])c1. The van der Waals surface area contributed by atoms with Gasteiger partial charge < -0.3 is 5.32 Å². The van der Waals surface area contributed by atoms with Crippen molar-refractivity contribution in [3.05, 3.63) is 64.0 Å². The van der Waals surface area contributed by atoms with Crippen LogP contribution in [0.3, 0.4) is 0 Å². The lowest BCUT2D eigenvalue weighted by Crippen LogP contribution is -2.03. The van der Waals surface area contributed by atoms with Crippen LogP contribution in [0.2, 0.25) is 0 Å². The quantitative estimate of drug-likeness (QED) is 0.505. The second kappa shape index (κ2) is 5.72. The highest BCUT2D eigenvalue weighted by molar-refractivity contribution is 5.79. The summed E-state index contributed by atoms with van der Waals surface area (Å²) in [6.07, 6.45) is 3.92. The second-order valence-electron chi connectivity index (χ2n) is 3.87. The predicted octanol–water partition coefficient (Wildman–Crippen LogP) is 2.41. The van der Waals surface area contributed by atoms with E-state index in [1.165, 1.54) is 18.2 Å². The molecule has 1 aromatic carbocycles. The molecule has 0 radical (unpaired) electrons. The smallest absolute Gasteiger partial charge is 0.293 e. The molecule has 0 aliphatic heterocycles. The van der Waals surface area contributed by atoms with Crippen molar-refractivity contribution in [2.75, 3.05) is 5.32 Å². The zero-order valence-corrected chi connectivity index (χ0v) is 9.95. The lowest BCUT2D eigenvalue weighted by Gasteiger charge is -2.07. The van der Waals surface area contributed by atoms with Gasteiger partial charge in [-0.1, -0.05) is 6.07 Å². The van der Waals surface area contributed by atoms with E-state index in [2.05, 4.69) is 10.3 Å². The molecule has 1 aromatic heterocycles. The fourth-order valence-electron chi connectivity index (χ4n) is 1.62. The van der Waals surface area contributed by atoms with Gasteiger partial charge in [-0.25, -0.2) is 0 Å². The molecule has 0 unspecified atom stereocenters. The van der Waals surface area contributed by atoms with E-state index in [1.54, 1.807) is 18.5 Å². The lowest BCUT2D eigenvalue weighted by molar-refractivity contribution is -0.384. The van der Waals surface area contributed by atoms with Crippen molar-refractivity contribution in [3.63, 3.8) is 0 Å². The van der Waals surface area contributed by atoms with E-state index in [0.717, 1.165) is 5.56 Å². The van der Waals surface area contributed by atoms with Gasteiger partial charge in [0.2, 0.25) is 0 Å². The fourth-order valence-corrected chi connectivity index (χ4v) is 1.62. The molecule has 6 heteroatoms. The number of hydrogen-bond donors (Lipinski definition) is 1. The molecule has 6 nitrogen and oxygen atoms in total. The number of nitro benzene ring substituents is 1. The molecule has 0 spiro atoms. The van der Waals surface area contributed by atoms with Crippen molar-refractivity contribution in [2.24, 2.45) is 0 Å². The number of pyridine rings is 1. The summed E-state index contributed by atoms with van der Waals surface area (Å²) < 4.78 is 0. The summed E-state index contributed by atoms with van der Waals surface area (Å²) in [4.78, 5) is 25.0. The van der Waals surface area contributed by atoms with E-state index in [0.29, 0.717) is 18.5 Å². The number of carbonyl (C=O) groups excluding carboxylic acids is 1. The van der Waals surface area contributed by atoms with Gasteiger partial charge in [0.05, 0.1) is 4.92 Å². The first-order chi connectivity index (χ1) is 9.20. The Morgan fingerprint density at radius 3 is 2.84 bits per heavy atom. The zero-order chi connectivity index (χ0) is 13.7. The van der Waals surface area contributed by atoms with E-state index in [9.17, 15) is 14.9 Å². The molecular formula is C13H11N3O3. The number of anilines is 1. The summed E-state index contributed by atoms with van der Waals surface area (Å²) in [5.74, 6) is 0. The van der Waals surface area contributed by atoms with Gasteiger partial charge in [0, 0.05) is 30.6 Å². The summed E-state index contributed by atoms with van der Waals surface area (Å²) in [5, 5.41) is 13.9. The number of benzene rings is 1. The van der Waals surface area contributed by atoms with Crippen LogP contribution in [0, 0.1) is 10.1 Å². The third-order valence-corrected chi connectivity index (χ3v) is 2.56. The molecule has 96 valence electrons. The first-order valence-corrected chi connectivity index (χ1v) is 5.57. The molecule has 0 bridgehead atoms. The Morgan fingerprint density at radius 2 is 2.21 bits per heavy atom. The third-order valence-electron chi connectivity index (χ3n) is 2.56. The minimum atomic E-state index is -0.515. The maximum absolute atomic E-state index is 10.9. The largest absolute Gasteiger partial charge is 0.375 e. The Hall–Kier alpha value is -2.76. The number of rotatable bonds is 5. The van der Waals surface area contributed by atoms with Crippen LogP contribution in [-0.4, -0.2) is 16.2 Å². The number of nitrogens with one attached hydrogen (secondary N) is 1. The fraction of sp³-hybridized carbons (Fsp3) is 0.0769. The highest BCUT2D eigenvalue weighted by Crippen LogP contribution is 2.25. The maximum atomic E-state index is 10.9. The van der Waals surface area contributed by atoms with Crippen LogP contribution < -0.4 is 5.32 Å². The van der Waals surface area contributed by atoms with Crippen LogP contribution in [0.4, 0.5) is 11.4 Å². The van der Waals surface area contributed by atoms with E-state index in [1.807, 2.05) is 6.07 Å². The number of aldehydes is 1. The van der Waals surface area contributed by atoms with E-state index in [4.69, 9.17) is 0 Å². The van der Waals surface area contributed by atoms with Gasteiger partial charge in [-0.3, -0.25) is 19.9 Å². The van der Waals surface area contributed by atoms with Crippen LogP contribution in [0.25, 0.3) is 0 Å². The summed E-state index contributed by atoms with van der Waals surface area (Å²) in [5.41, 5.74) is 1.45. The molecule has 1 heterocycles. The number of carbonyl (C=O) groups is 1. The van der Waals surface area contributed by atoms with E-state index in [-0.39, 0.29) is 11.3 Å². The third kappa shape index (κ3) is 3.12. The van der Waals surface area contributed by atoms with E-state index < -0.39 is 4.92 Å². The van der Waals surface area contributed by atoms with Crippen LogP contribution >= 0.6 is 0 Å². The maximum Gasteiger partial charge on any atom is 0.293 e. The standard InChI is InChI=1S/C13H11N3O3/c17-9-10-3-4-12(13(6-10)16(18)19)15-8-11-2-1-5-14-7-11/h1-7,9,15H,8H2. The van der Waals surface area contributed by atoms with Gasteiger partial charge in [0.1, 0.15) is 12.0 Å². The monoisotopic (exact) mass is 257 g/mol. The van der Waals surface area contributed by atoms with Crippen molar-refractivity contribution in [3.8, 4) is 0 Å². The molecule has 0 saturated carbocycles.